The molecule has 1 aromatic rings. The Morgan fingerprint density at radius 2 is 2.24 bits per heavy atom. The summed E-state index contributed by atoms with van der Waals surface area (Å²) in [6.45, 7) is 5.16. The Morgan fingerprint density at radius 1 is 1.48 bits per heavy atom. The highest BCUT2D eigenvalue weighted by Gasteiger charge is 2.49. The second kappa shape index (κ2) is 5.94. The van der Waals surface area contributed by atoms with Crippen LogP contribution < -0.4 is 5.32 Å². The average molecular weight is 325 g/mol. The number of thiophene rings is 1. The molecule has 116 valence electrons. The van der Waals surface area contributed by atoms with Crippen molar-refractivity contribution in [2.75, 3.05) is 12.8 Å². The maximum Gasteiger partial charge on any atom is 0.241 e. The average Bonchev–Trinajstić information content (AvgIpc) is 3.03. The van der Waals surface area contributed by atoms with Gasteiger partial charge < -0.3 is 4.90 Å². The van der Waals surface area contributed by atoms with Crippen molar-refractivity contribution < 1.29 is 4.79 Å². The zero-order valence-electron chi connectivity index (χ0n) is 13.0. The number of hydrogen-bond acceptors (Lipinski definition) is 4. The molecule has 2 heterocycles. The maximum absolute atomic E-state index is 12.8. The number of nitrogens with zero attached hydrogens (tertiary/aromatic N) is 1. The molecule has 1 amide bonds. The predicted octanol–water partition coefficient (Wildman–Crippen LogP) is 3.55. The Hall–Kier alpha value is -0.520. The molecule has 1 saturated carbocycles. The van der Waals surface area contributed by atoms with Gasteiger partial charge in [-0.3, -0.25) is 10.1 Å². The molecule has 5 heteroatoms. The van der Waals surface area contributed by atoms with Crippen LogP contribution in [0.3, 0.4) is 0 Å². The SMILES string of the molecule is CCCC1NC(c2ccc(C)s2)N(CC2(SC)CC2)C1=O. The van der Waals surface area contributed by atoms with E-state index in [9.17, 15) is 4.79 Å². The molecule has 1 saturated heterocycles. The monoisotopic (exact) mass is 324 g/mol. The summed E-state index contributed by atoms with van der Waals surface area (Å²) in [6.07, 6.45) is 6.72. The van der Waals surface area contributed by atoms with Crippen molar-refractivity contribution >= 4 is 29.0 Å². The second-order valence-electron chi connectivity index (χ2n) is 6.21. The smallest absolute Gasteiger partial charge is 0.241 e. The third kappa shape index (κ3) is 3.01. The number of rotatable bonds is 6. The molecule has 0 spiro atoms. The zero-order chi connectivity index (χ0) is 15.0. The van der Waals surface area contributed by atoms with Crippen LogP contribution in [-0.2, 0) is 4.79 Å². The van der Waals surface area contributed by atoms with Crippen molar-refractivity contribution in [2.45, 2.75) is 56.5 Å². The van der Waals surface area contributed by atoms with Crippen LogP contribution in [0.15, 0.2) is 12.1 Å². The quantitative estimate of drug-likeness (QED) is 0.868. The minimum Gasteiger partial charge on any atom is -0.319 e. The van der Waals surface area contributed by atoms with E-state index in [0.29, 0.717) is 10.7 Å². The number of thioether (sulfide) groups is 1. The van der Waals surface area contributed by atoms with Gasteiger partial charge in [-0.25, -0.2) is 0 Å². The molecule has 1 aliphatic carbocycles. The lowest BCUT2D eigenvalue weighted by Gasteiger charge is -2.27. The normalized spacial score (nSPS) is 27.4. The third-order valence-electron chi connectivity index (χ3n) is 4.56. The van der Waals surface area contributed by atoms with E-state index in [4.69, 9.17) is 0 Å². The highest BCUT2D eigenvalue weighted by Crippen LogP contribution is 2.49. The Morgan fingerprint density at radius 3 is 2.76 bits per heavy atom. The number of aryl methyl sites for hydroxylation is 1. The summed E-state index contributed by atoms with van der Waals surface area (Å²) in [5.41, 5.74) is 0. The van der Waals surface area contributed by atoms with E-state index < -0.39 is 0 Å². The summed E-state index contributed by atoms with van der Waals surface area (Å²) in [6, 6.07) is 4.32. The fraction of sp³-hybridized carbons (Fsp3) is 0.688. The number of carbonyl (C=O) groups excluding carboxylic acids is 1. The lowest BCUT2D eigenvalue weighted by Crippen LogP contribution is -2.37. The molecular formula is C16H24N2OS2. The molecule has 1 aliphatic heterocycles. The number of nitrogens with one attached hydrogen (secondary N) is 1. The van der Waals surface area contributed by atoms with Gasteiger partial charge >= 0.3 is 0 Å². The van der Waals surface area contributed by atoms with E-state index in [1.165, 1.54) is 22.6 Å². The van der Waals surface area contributed by atoms with Gasteiger partial charge in [0.2, 0.25) is 5.91 Å². The fourth-order valence-corrected chi connectivity index (χ4v) is 4.79. The summed E-state index contributed by atoms with van der Waals surface area (Å²) < 4.78 is 0.322. The first-order chi connectivity index (χ1) is 10.1. The van der Waals surface area contributed by atoms with Crippen LogP contribution in [0.2, 0.25) is 0 Å². The van der Waals surface area contributed by atoms with Gasteiger partial charge in [-0.15, -0.1) is 11.3 Å². The summed E-state index contributed by atoms with van der Waals surface area (Å²) >= 11 is 3.73. The minimum absolute atomic E-state index is 0.0000576. The Labute approximate surface area is 135 Å². The maximum atomic E-state index is 12.8. The second-order valence-corrected chi connectivity index (χ2v) is 8.81. The zero-order valence-corrected chi connectivity index (χ0v) is 14.6. The van der Waals surface area contributed by atoms with E-state index in [1.807, 2.05) is 11.8 Å². The predicted molar refractivity (Wildman–Crippen MR) is 90.8 cm³/mol. The number of amides is 1. The van der Waals surface area contributed by atoms with Crippen LogP contribution in [0, 0.1) is 6.92 Å². The Kier molecular flexibility index (Phi) is 4.35. The van der Waals surface area contributed by atoms with Gasteiger partial charge in [0.05, 0.1) is 6.04 Å². The first-order valence-electron chi connectivity index (χ1n) is 7.76. The number of carbonyl (C=O) groups is 1. The summed E-state index contributed by atoms with van der Waals surface area (Å²) in [7, 11) is 0. The van der Waals surface area contributed by atoms with Crippen LogP contribution >= 0.6 is 23.1 Å². The molecule has 3 rings (SSSR count). The van der Waals surface area contributed by atoms with Crippen molar-refractivity contribution in [2.24, 2.45) is 0 Å². The van der Waals surface area contributed by atoms with Crippen molar-refractivity contribution in [3.8, 4) is 0 Å². The molecule has 1 N–H and O–H groups in total. The molecule has 2 atom stereocenters. The third-order valence-corrected chi connectivity index (χ3v) is 7.02. The summed E-state index contributed by atoms with van der Waals surface area (Å²) in [5.74, 6) is 0.299. The molecule has 2 fully saturated rings. The molecule has 2 aliphatic rings. The highest BCUT2D eigenvalue weighted by atomic mass is 32.2. The van der Waals surface area contributed by atoms with Crippen LogP contribution in [0.1, 0.15) is 48.5 Å². The summed E-state index contributed by atoms with van der Waals surface area (Å²) in [5, 5.41) is 3.57. The van der Waals surface area contributed by atoms with Crippen LogP contribution in [0.4, 0.5) is 0 Å². The molecule has 21 heavy (non-hydrogen) atoms. The molecular weight excluding hydrogens is 300 g/mol. The largest absolute Gasteiger partial charge is 0.319 e. The Balaban J connectivity index is 1.82. The molecule has 2 unspecified atom stereocenters. The van der Waals surface area contributed by atoms with Gasteiger partial charge in [-0.1, -0.05) is 13.3 Å². The van der Waals surface area contributed by atoms with Crippen molar-refractivity contribution in [3.63, 3.8) is 0 Å². The minimum atomic E-state index is 0.0000576. The number of hydrogen-bond donors (Lipinski definition) is 1. The van der Waals surface area contributed by atoms with Crippen molar-refractivity contribution in [1.29, 1.82) is 0 Å². The van der Waals surface area contributed by atoms with Gasteiger partial charge in [0.25, 0.3) is 0 Å². The van der Waals surface area contributed by atoms with Gasteiger partial charge in [-0.05, 0) is 44.6 Å². The summed E-state index contributed by atoms with van der Waals surface area (Å²) in [4.78, 5) is 17.5. The standard InChI is InChI=1S/C16H24N2OS2/c1-4-5-12-15(19)18(10-16(20-3)8-9-16)14(17-12)13-7-6-11(2)21-13/h6-7,12,14,17H,4-5,8-10H2,1-3H3. The van der Waals surface area contributed by atoms with Crippen molar-refractivity contribution in [1.82, 2.24) is 10.2 Å². The topological polar surface area (TPSA) is 32.3 Å². The first kappa shape index (κ1) is 15.4. The van der Waals surface area contributed by atoms with Gasteiger partial charge in [-0.2, -0.15) is 11.8 Å². The van der Waals surface area contributed by atoms with Crippen molar-refractivity contribution in [3.05, 3.63) is 21.9 Å². The van der Waals surface area contributed by atoms with Gasteiger partial charge in [0, 0.05) is 21.0 Å². The van der Waals surface area contributed by atoms with E-state index in [1.54, 1.807) is 11.3 Å². The molecule has 0 aromatic carbocycles. The molecule has 0 bridgehead atoms. The van der Waals surface area contributed by atoms with E-state index >= 15 is 0 Å². The molecule has 3 nitrogen and oxygen atoms in total. The molecule has 1 aromatic heterocycles. The van der Waals surface area contributed by atoms with Gasteiger partial charge in [0.15, 0.2) is 0 Å². The molecule has 0 radical (unpaired) electrons. The van der Waals surface area contributed by atoms with Crippen LogP contribution in [0.25, 0.3) is 0 Å². The lowest BCUT2D eigenvalue weighted by atomic mass is 10.1. The van der Waals surface area contributed by atoms with Gasteiger partial charge in [0.1, 0.15) is 6.17 Å². The van der Waals surface area contributed by atoms with Crippen LogP contribution in [-0.4, -0.2) is 34.4 Å². The Bertz CT molecular complexity index is 524. The van der Waals surface area contributed by atoms with E-state index in [2.05, 4.69) is 42.5 Å². The van der Waals surface area contributed by atoms with E-state index in [-0.39, 0.29) is 12.2 Å². The van der Waals surface area contributed by atoms with Crippen LogP contribution in [0.5, 0.6) is 0 Å². The fourth-order valence-electron chi connectivity index (χ4n) is 3.06. The van der Waals surface area contributed by atoms with E-state index in [0.717, 1.165) is 19.4 Å². The first-order valence-corrected chi connectivity index (χ1v) is 9.81. The highest BCUT2D eigenvalue weighted by molar-refractivity contribution is 8.00. The lowest BCUT2D eigenvalue weighted by molar-refractivity contribution is -0.130.